The Bertz CT molecular complexity index is 114. The minimum Gasteiger partial charge on any atom is -0.480 e. The molecule has 0 heterocycles. The fourth-order valence-corrected chi connectivity index (χ4v) is 1.19. The van der Waals surface area contributed by atoms with Crippen molar-refractivity contribution in [1.29, 1.82) is 0 Å². The lowest BCUT2D eigenvalue weighted by atomic mass is 10.2. The number of nitrogens with two attached hydrogens (primary N) is 1. The summed E-state index contributed by atoms with van der Waals surface area (Å²) in [5.41, 5.74) is 5.24. The number of carbonyl (C=O) groups is 1. The van der Waals surface area contributed by atoms with E-state index in [0.717, 1.165) is 11.5 Å². The lowest BCUT2D eigenvalue weighted by Gasteiger charge is -2.03. The van der Waals surface area contributed by atoms with E-state index in [1.807, 2.05) is 6.92 Å². The number of hydrogen-bond donors (Lipinski definition) is 2. The van der Waals surface area contributed by atoms with E-state index in [9.17, 15) is 4.79 Å². The van der Waals surface area contributed by atoms with Crippen LogP contribution in [0.2, 0.25) is 0 Å². The summed E-state index contributed by atoms with van der Waals surface area (Å²) in [5, 5.41) is 8.35. The average molecular weight is 209 g/mol. The Morgan fingerprint density at radius 2 is 2.17 bits per heavy atom. The highest BCUT2D eigenvalue weighted by Gasteiger charge is 2.09. The zero-order valence-corrected chi connectivity index (χ0v) is 8.53. The van der Waals surface area contributed by atoms with Crippen LogP contribution in [0.25, 0.3) is 0 Å². The Hall–Kier alpha value is 0.0900. The molecule has 0 aromatic heterocycles. The van der Waals surface area contributed by atoms with Gasteiger partial charge in [-0.25, -0.2) is 0 Å². The number of thioether (sulfide) groups is 1. The van der Waals surface area contributed by atoms with E-state index in [2.05, 4.69) is 0 Å². The van der Waals surface area contributed by atoms with Crippen LogP contribution in [0.5, 0.6) is 0 Å². The topological polar surface area (TPSA) is 93.8 Å². The molecule has 0 saturated carbocycles. The third kappa shape index (κ3) is 10.1. The van der Waals surface area contributed by atoms with Crippen molar-refractivity contribution in [3.63, 3.8) is 0 Å². The van der Waals surface area contributed by atoms with Gasteiger partial charge in [0.1, 0.15) is 6.04 Å². The maximum Gasteiger partial charge on any atom is 0.320 e. The second-order valence-corrected chi connectivity index (χ2v) is 3.32. The summed E-state index contributed by atoms with van der Waals surface area (Å²) in [6.07, 6.45) is 0.563. The van der Waals surface area contributed by atoms with Gasteiger partial charge in [0.15, 0.2) is 0 Å². The van der Waals surface area contributed by atoms with Crippen molar-refractivity contribution in [2.45, 2.75) is 19.4 Å². The molecule has 0 aromatic carbocycles. The molecule has 3 N–H and O–H groups in total. The van der Waals surface area contributed by atoms with Gasteiger partial charge in [0.05, 0.1) is 0 Å². The number of rotatable bonds is 5. The van der Waals surface area contributed by atoms with Crippen LogP contribution in [0.1, 0.15) is 13.3 Å². The molecule has 0 saturated heterocycles. The monoisotopic (exact) mass is 209 g/mol. The van der Waals surface area contributed by atoms with Crippen LogP contribution in [-0.4, -0.2) is 28.6 Å². The van der Waals surface area contributed by atoms with Crippen molar-refractivity contribution in [2.75, 3.05) is 11.5 Å². The summed E-state index contributed by atoms with van der Waals surface area (Å²) in [7, 11) is 0. The molecule has 0 aliphatic carbocycles. The van der Waals surface area contributed by atoms with Gasteiger partial charge in [-0.15, -0.1) is 0 Å². The van der Waals surface area contributed by atoms with Crippen LogP contribution in [0, 0.1) is 0 Å². The normalized spacial score (nSPS) is 10.8. The molecule has 0 aliphatic heterocycles. The quantitative estimate of drug-likeness (QED) is 0.652. The molecule has 0 aliphatic rings. The van der Waals surface area contributed by atoms with Crippen LogP contribution in [0.4, 0.5) is 0 Å². The highest BCUT2D eigenvalue weighted by Crippen LogP contribution is 2.02. The van der Waals surface area contributed by atoms with Crippen molar-refractivity contribution < 1.29 is 9.90 Å². The third-order valence-corrected chi connectivity index (χ3v) is 2.03. The van der Waals surface area contributed by atoms with Crippen LogP contribution >= 0.6 is 25.3 Å². The van der Waals surface area contributed by atoms with Gasteiger partial charge in [-0.05, 0) is 17.9 Å². The molecule has 0 rings (SSSR count). The van der Waals surface area contributed by atoms with Crippen molar-refractivity contribution in [2.24, 2.45) is 5.73 Å². The minimum atomic E-state index is -0.906. The Morgan fingerprint density at radius 3 is 2.50 bits per heavy atom. The largest absolute Gasteiger partial charge is 0.480 e. The molecule has 0 bridgehead atoms. The van der Waals surface area contributed by atoms with Gasteiger partial charge in [-0.1, -0.05) is 6.92 Å². The molecule has 0 aromatic rings. The third-order valence-electron chi connectivity index (χ3n) is 1.09. The summed E-state index contributed by atoms with van der Waals surface area (Å²) < 4.78 is 0. The lowest BCUT2D eigenvalue weighted by molar-refractivity contribution is -0.138. The second-order valence-electron chi connectivity index (χ2n) is 1.93. The van der Waals surface area contributed by atoms with Crippen molar-refractivity contribution >= 4 is 31.2 Å². The van der Waals surface area contributed by atoms with Crippen LogP contribution in [0.15, 0.2) is 0 Å². The van der Waals surface area contributed by atoms with Crippen molar-refractivity contribution in [3.05, 3.63) is 0 Å². The summed E-state index contributed by atoms with van der Waals surface area (Å²) in [5.74, 6) is 0.952. The smallest absolute Gasteiger partial charge is 0.320 e. The fourth-order valence-electron chi connectivity index (χ4n) is 0.478. The standard InChI is InChI=1S/C6H13NO2S.N.S/c1-2-10-4-3-5(7)6(8)9;;/h5H,2-4,7H2,1H3,(H,8,9);;/t5-;;/m0../s1. The Balaban J connectivity index is -0.000000405. The highest BCUT2D eigenvalue weighted by atomic mass is 32.2. The molecule has 0 amide bonds. The van der Waals surface area contributed by atoms with Gasteiger partial charge in [0.2, 0.25) is 0 Å². The minimum absolute atomic E-state index is 0. The highest BCUT2D eigenvalue weighted by molar-refractivity contribution is 7.99. The Kier molecular flexibility index (Phi) is 16.6. The number of hydrogen-bond acceptors (Lipinski definition) is 3. The molecule has 71 valence electrons. The van der Waals surface area contributed by atoms with Crippen LogP contribution in [-0.2, 0) is 4.79 Å². The molecule has 6 heteroatoms. The predicted octanol–water partition coefficient (Wildman–Crippen LogP) is 0.709. The molecule has 1 atom stereocenters. The van der Waals surface area contributed by atoms with Crippen LogP contribution < -0.4 is 11.9 Å². The van der Waals surface area contributed by atoms with E-state index in [1.165, 1.54) is 0 Å². The molecule has 4 nitrogen and oxygen atoms in total. The molecule has 0 spiro atoms. The Morgan fingerprint density at radius 1 is 1.67 bits per heavy atom. The fraction of sp³-hybridized carbons (Fsp3) is 0.833. The van der Waals surface area contributed by atoms with E-state index in [1.54, 1.807) is 11.8 Å². The van der Waals surface area contributed by atoms with E-state index >= 15 is 0 Å². The molecular formula is C6H13N2O2S2. The summed E-state index contributed by atoms with van der Waals surface area (Å²) in [6.45, 7) is 2.04. The van der Waals surface area contributed by atoms with Gasteiger partial charge in [0.25, 0.3) is 0 Å². The first-order valence-electron chi connectivity index (χ1n) is 3.24. The van der Waals surface area contributed by atoms with Crippen molar-refractivity contribution in [1.82, 2.24) is 6.15 Å². The molecule has 0 fully saturated rings. The molecule has 5 radical (unpaired) electrons. The van der Waals surface area contributed by atoms with Gasteiger partial charge in [0, 0.05) is 19.6 Å². The molecule has 12 heavy (non-hydrogen) atoms. The van der Waals surface area contributed by atoms with E-state index in [4.69, 9.17) is 10.8 Å². The van der Waals surface area contributed by atoms with Crippen LogP contribution in [0.3, 0.4) is 0 Å². The van der Waals surface area contributed by atoms with Gasteiger partial charge in [-0.2, -0.15) is 11.8 Å². The Labute approximate surface area is 84.3 Å². The SMILES string of the molecule is CCSCC[C@H](N)C(=O)O.[N].[S]. The first-order chi connectivity index (χ1) is 4.68. The predicted molar refractivity (Wildman–Crippen MR) is 53.0 cm³/mol. The van der Waals surface area contributed by atoms with E-state index in [-0.39, 0.29) is 19.6 Å². The second kappa shape index (κ2) is 11.1. The number of aliphatic carboxylic acids is 1. The average Bonchev–Trinajstić information content (AvgIpc) is 1.88. The zero-order valence-electron chi connectivity index (χ0n) is 6.90. The first kappa shape index (κ1) is 18.0. The van der Waals surface area contributed by atoms with E-state index < -0.39 is 12.0 Å². The molecule has 0 unspecified atom stereocenters. The lowest BCUT2D eigenvalue weighted by Crippen LogP contribution is -2.30. The summed E-state index contributed by atoms with van der Waals surface area (Å²) >= 11 is 1.71. The number of nitrogens with zero attached hydrogens (tertiary/aromatic N) is 1. The summed E-state index contributed by atoms with van der Waals surface area (Å²) in [6, 6.07) is -0.681. The summed E-state index contributed by atoms with van der Waals surface area (Å²) in [4.78, 5) is 10.2. The van der Waals surface area contributed by atoms with Crippen molar-refractivity contribution in [3.8, 4) is 0 Å². The van der Waals surface area contributed by atoms with Gasteiger partial charge < -0.3 is 10.8 Å². The van der Waals surface area contributed by atoms with E-state index in [0.29, 0.717) is 6.42 Å². The number of carboxylic acid groups (broad SMARTS) is 1. The molecular weight excluding hydrogens is 196 g/mol. The van der Waals surface area contributed by atoms with Gasteiger partial charge >= 0.3 is 5.97 Å². The maximum atomic E-state index is 10.2. The first-order valence-corrected chi connectivity index (χ1v) is 4.40. The van der Waals surface area contributed by atoms with Gasteiger partial charge in [-0.3, -0.25) is 4.79 Å². The number of carboxylic acids is 1. The maximum absolute atomic E-state index is 10.2. The zero-order chi connectivity index (χ0) is 7.98.